The number of hydrogen-bond donors (Lipinski definition) is 0. The van der Waals surface area contributed by atoms with E-state index in [9.17, 15) is 0 Å². The van der Waals surface area contributed by atoms with Gasteiger partial charge in [-0.05, 0) is 52.0 Å². The lowest BCUT2D eigenvalue weighted by molar-refractivity contribution is -0.152. The van der Waals surface area contributed by atoms with Crippen LogP contribution in [0.15, 0.2) is 30.3 Å². The van der Waals surface area contributed by atoms with E-state index in [1.165, 1.54) is 0 Å². The van der Waals surface area contributed by atoms with Gasteiger partial charge in [0.25, 0.3) is 0 Å². The number of ether oxygens (including phenoxy) is 7. The van der Waals surface area contributed by atoms with Crippen LogP contribution in [0.2, 0.25) is 0 Å². The van der Waals surface area contributed by atoms with E-state index in [4.69, 9.17) is 33.2 Å². The van der Waals surface area contributed by atoms with Crippen molar-refractivity contribution in [2.24, 2.45) is 0 Å². The van der Waals surface area contributed by atoms with Crippen molar-refractivity contribution in [3.8, 4) is 40.6 Å². The number of rotatable bonds is 10. The second-order valence-electron chi connectivity index (χ2n) is 8.20. The van der Waals surface area contributed by atoms with E-state index >= 15 is 0 Å². The van der Waals surface area contributed by atoms with E-state index < -0.39 is 6.29 Å². The van der Waals surface area contributed by atoms with E-state index in [1.807, 2.05) is 52.0 Å². The lowest BCUT2D eigenvalue weighted by Gasteiger charge is -2.28. The zero-order chi connectivity index (χ0) is 25.4. The SMILES string of the molecule is CCOC(COc1cc(OC)c(OC)cc1C#Cc1ccc2c(c1OC)C=CC(C)(C)O2)OCC. The lowest BCUT2D eigenvalue weighted by Crippen LogP contribution is -2.27. The van der Waals surface area contributed by atoms with Crippen molar-refractivity contribution in [1.29, 1.82) is 0 Å². The minimum Gasteiger partial charge on any atom is -0.495 e. The van der Waals surface area contributed by atoms with Gasteiger partial charge >= 0.3 is 0 Å². The molecule has 0 bridgehead atoms. The molecule has 0 saturated heterocycles. The second-order valence-corrected chi connectivity index (χ2v) is 8.20. The molecule has 2 aromatic carbocycles. The number of fused-ring (bicyclic) bond motifs is 1. The Morgan fingerprint density at radius 2 is 1.51 bits per heavy atom. The number of benzene rings is 2. The summed E-state index contributed by atoms with van der Waals surface area (Å²) in [5.41, 5.74) is 1.83. The van der Waals surface area contributed by atoms with Gasteiger partial charge in [-0.2, -0.15) is 0 Å². The minimum absolute atomic E-state index is 0.200. The summed E-state index contributed by atoms with van der Waals surface area (Å²) in [7, 11) is 4.78. The van der Waals surface area contributed by atoms with Crippen molar-refractivity contribution >= 4 is 6.08 Å². The van der Waals surface area contributed by atoms with Gasteiger partial charge in [-0.15, -0.1) is 0 Å². The molecule has 0 aromatic heterocycles. The van der Waals surface area contributed by atoms with Crippen molar-refractivity contribution in [2.75, 3.05) is 41.2 Å². The van der Waals surface area contributed by atoms with Crippen LogP contribution in [0.4, 0.5) is 0 Å². The van der Waals surface area contributed by atoms with Crippen LogP contribution in [-0.2, 0) is 9.47 Å². The average molecular weight is 483 g/mol. The zero-order valence-corrected chi connectivity index (χ0v) is 21.5. The van der Waals surface area contributed by atoms with Crippen molar-refractivity contribution in [2.45, 2.75) is 39.6 Å². The first-order valence-electron chi connectivity index (χ1n) is 11.6. The molecule has 0 unspecified atom stereocenters. The maximum Gasteiger partial charge on any atom is 0.191 e. The van der Waals surface area contributed by atoms with E-state index in [0.29, 0.717) is 41.8 Å². The molecule has 2 aromatic rings. The van der Waals surface area contributed by atoms with E-state index in [-0.39, 0.29) is 12.2 Å². The van der Waals surface area contributed by atoms with Gasteiger partial charge in [-0.1, -0.05) is 11.8 Å². The highest BCUT2D eigenvalue weighted by Crippen LogP contribution is 2.39. The van der Waals surface area contributed by atoms with Gasteiger partial charge in [-0.25, -0.2) is 0 Å². The molecule has 35 heavy (non-hydrogen) atoms. The summed E-state index contributed by atoms with van der Waals surface area (Å²) < 4.78 is 39.9. The van der Waals surface area contributed by atoms with Crippen LogP contribution in [-0.4, -0.2) is 53.0 Å². The molecule has 0 aliphatic carbocycles. The van der Waals surface area contributed by atoms with Gasteiger partial charge < -0.3 is 33.2 Å². The Morgan fingerprint density at radius 3 is 2.14 bits per heavy atom. The summed E-state index contributed by atoms with van der Waals surface area (Å²) in [6.45, 7) is 9.06. The Balaban J connectivity index is 1.99. The molecule has 0 spiro atoms. The predicted molar refractivity (Wildman–Crippen MR) is 135 cm³/mol. The number of hydrogen-bond acceptors (Lipinski definition) is 7. The fraction of sp³-hybridized carbons (Fsp3) is 0.429. The van der Waals surface area contributed by atoms with Crippen molar-refractivity contribution in [3.05, 3.63) is 47.0 Å². The first-order valence-corrected chi connectivity index (χ1v) is 11.6. The molecule has 1 heterocycles. The molecule has 0 amide bonds. The standard InChI is InChI=1S/C28H34O7/c1-8-32-26(33-9-2)18-34-23-17-25(30-6)24(29-5)16-20(23)11-10-19-12-13-22-21(27(19)31-7)14-15-28(3,4)35-22/h12-17,26H,8-9,18H2,1-7H3. The third-order valence-corrected chi connectivity index (χ3v) is 5.28. The molecule has 7 nitrogen and oxygen atoms in total. The van der Waals surface area contributed by atoms with Gasteiger partial charge in [0, 0.05) is 25.3 Å². The number of methoxy groups -OCH3 is 3. The van der Waals surface area contributed by atoms with Gasteiger partial charge in [0.05, 0.1) is 38.0 Å². The zero-order valence-electron chi connectivity index (χ0n) is 21.5. The minimum atomic E-state index is -0.490. The second kappa shape index (κ2) is 11.9. The van der Waals surface area contributed by atoms with Crippen LogP contribution < -0.4 is 23.7 Å². The lowest BCUT2D eigenvalue weighted by atomic mass is 9.99. The van der Waals surface area contributed by atoms with Gasteiger partial charge in [0.1, 0.15) is 29.5 Å². The predicted octanol–water partition coefficient (Wildman–Crippen LogP) is 5.07. The van der Waals surface area contributed by atoms with Crippen LogP contribution in [0.1, 0.15) is 44.4 Å². The normalized spacial score (nSPS) is 13.4. The Kier molecular flexibility index (Phi) is 8.91. The van der Waals surface area contributed by atoms with Crippen LogP contribution >= 0.6 is 0 Å². The molecule has 0 saturated carbocycles. The molecular weight excluding hydrogens is 448 g/mol. The van der Waals surface area contributed by atoms with Crippen LogP contribution in [0.3, 0.4) is 0 Å². The summed E-state index contributed by atoms with van der Waals surface area (Å²) in [5.74, 6) is 9.44. The molecule has 188 valence electrons. The molecule has 0 N–H and O–H groups in total. The maximum absolute atomic E-state index is 6.06. The Labute approximate surface area is 207 Å². The molecule has 0 radical (unpaired) electrons. The van der Waals surface area contributed by atoms with Crippen molar-refractivity contribution < 1.29 is 33.2 Å². The molecular formula is C28H34O7. The van der Waals surface area contributed by atoms with E-state index in [1.54, 1.807) is 33.5 Å². The first kappa shape index (κ1) is 26.3. The Hall–Kier alpha value is -3.34. The van der Waals surface area contributed by atoms with Crippen LogP contribution in [0.25, 0.3) is 6.08 Å². The van der Waals surface area contributed by atoms with Crippen LogP contribution in [0.5, 0.6) is 28.7 Å². The third kappa shape index (κ3) is 6.41. The fourth-order valence-electron chi connectivity index (χ4n) is 3.63. The molecule has 0 atom stereocenters. The molecule has 1 aliphatic rings. The van der Waals surface area contributed by atoms with Gasteiger partial charge in [-0.3, -0.25) is 0 Å². The topological polar surface area (TPSA) is 64.6 Å². The third-order valence-electron chi connectivity index (χ3n) is 5.28. The molecule has 3 rings (SSSR count). The quantitative estimate of drug-likeness (QED) is 0.346. The summed E-state index contributed by atoms with van der Waals surface area (Å²) in [4.78, 5) is 0. The maximum atomic E-state index is 6.06. The Morgan fingerprint density at radius 1 is 0.857 bits per heavy atom. The monoisotopic (exact) mass is 482 g/mol. The summed E-state index contributed by atoms with van der Waals surface area (Å²) in [5, 5.41) is 0. The highest BCUT2D eigenvalue weighted by molar-refractivity contribution is 5.72. The molecule has 7 heteroatoms. The summed E-state index contributed by atoms with van der Waals surface area (Å²) >= 11 is 0. The van der Waals surface area contributed by atoms with Crippen molar-refractivity contribution in [1.82, 2.24) is 0 Å². The fourth-order valence-corrected chi connectivity index (χ4v) is 3.63. The highest BCUT2D eigenvalue weighted by atomic mass is 16.7. The van der Waals surface area contributed by atoms with Crippen LogP contribution in [0, 0.1) is 11.8 Å². The largest absolute Gasteiger partial charge is 0.495 e. The Bertz CT molecular complexity index is 1100. The average Bonchev–Trinajstić information content (AvgIpc) is 2.85. The van der Waals surface area contributed by atoms with E-state index in [0.717, 1.165) is 16.9 Å². The van der Waals surface area contributed by atoms with Gasteiger partial charge in [0.2, 0.25) is 0 Å². The molecule has 0 fully saturated rings. The smallest absolute Gasteiger partial charge is 0.191 e. The molecule has 1 aliphatic heterocycles. The summed E-state index contributed by atoms with van der Waals surface area (Å²) in [6, 6.07) is 7.34. The van der Waals surface area contributed by atoms with Crippen molar-refractivity contribution in [3.63, 3.8) is 0 Å². The first-order chi connectivity index (χ1) is 16.8. The highest BCUT2D eigenvalue weighted by Gasteiger charge is 2.24. The summed E-state index contributed by atoms with van der Waals surface area (Å²) in [6.07, 6.45) is 3.52. The van der Waals surface area contributed by atoms with Gasteiger partial charge in [0.15, 0.2) is 17.8 Å². The van der Waals surface area contributed by atoms with E-state index in [2.05, 4.69) is 11.8 Å².